The summed E-state index contributed by atoms with van der Waals surface area (Å²) in [7, 11) is 2.07. The maximum absolute atomic E-state index is 11.9. The molecule has 2 aromatic carbocycles. The fourth-order valence-corrected chi connectivity index (χ4v) is 4.95. The van der Waals surface area contributed by atoms with E-state index in [1.807, 2.05) is 36.4 Å². The van der Waals surface area contributed by atoms with E-state index in [-0.39, 0.29) is 12.1 Å². The number of nitrogens with zero attached hydrogens (tertiary/aromatic N) is 1. The summed E-state index contributed by atoms with van der Waals surface area (Å²) in [5.74, 6) is 0.00554. The number of nitrogens with one attached hydrogen (secondary N) is 2. The van der Waals surface area contributed by atoms with Crippen molar-refractivity contribution in [3.63, 3.8) is 0 Å². The molecule has 2 aromatic rings. The summed E-state index contributed by atoms with van der Waals surface area (Å²) in [6.07, 6.45) is 6.41. The van der Waals surface area contributed by atoms with Gasteiger partial charge in [-0.25, -0.2) is 0 Å². The lowest BCUT2D eigenvalue weighted by molar-refractivity contribution is 0.0966. The van der Waals surface area contributed by atoms with Crippen LogP contribution < -0.4 is 10.6 Å². The van der Waals surface area contributed by atoms with Crippen LogP contribution in [0.3, 0.4) is 0 Å². The van der Waals surface area contributed by atoms with Gasteiger partial charge in [0.1, 0.15) is 6.17 Å². The van der Waals surface area contributed by atoms with E-state index in [9.17, 15) is 4.79 Å². The average Bonchev–Trinajstić information content (AvgIpc) is 3.25. The Bertz CT molecular complexity index is 1070. The third-order valence-corrected chi connectivity index (χ3v) is 6.58. The maximum atomic E-state index is 11.9. The molecule has 0 spiro atoms. The molecule has 0 bridgehead atoms. The first kappa shape index (κ1) is 17.5. The largest absolute Gasteiger partial charge is 0.360 e. The molecule has 1 unspecified atom stereocenters. The van der Waals surface area contributed by atoms with Gasteiger partial charge in [0.05, 0.1) is 5.70 Å². The van der Waals surface area contributed by atoms with Crippen LogP contribution in [0.15, 0.2) is 76.2 Å². The van der Waals surface area contributed by atoms with Gasteiger partial charge >= 0.3 is 0 Å². The number of carbonyl (C=O) groups excluding carboxylic acids is 1. The van der Waals surface area contributed by atoms with Crippen LogP contribution in [0.1, 0.15) is 21.5 Å². The molecule has 0 saturated heterocycles. The summed E-state index contributed by atoms with van der Waals surface area (Å²) < 4.78 is 0. The summed E-state index contributed by atoms with van der Waals surface area (Å²) in [5.41, 5.74) is 5.24. The molecule has 3 aliphatic heterocycles. The number of amides is 1. The monoisotopic (exact) mass is 407 g/mol. The number of benzene rings is 2. The zero-order valence-electron chi connectivity index (χ0n) is 15.2. The molecule has 0 aliphatic carbocycles. The molecule has 4 nitrogen and oxygen atoms in total. The average molecular weight is 408 g/mol. The highest BCUT2D eigenvalue weighted by atomic mass is 35.5. The molecular weight excluding hydrogens is 390 g/mol. The van der Waals surface area contributed by atoms with Crippen LogP contribution in [0.5, 0.6) is 0 Å². The minimum absolute atomic E-state index is 0.00554. The van der Waals surface area contributed by atoms with Gasteiger partial charge in [-0.3, -0.25) is 4.79 Å². The predicted octanol–water partition coefficient (Wildman–Crippen LogP) is 4.36. The van der Waals surface area contributed by atoms with Crippen molar-refractivity contribution < 1.29 is 4.79 Å². The maximum Gasteiger partial charge on any atom is 0.251 e. The Morgan fingerprint density at radius 1 is 1.18 bits per heavy atom. The van der Waals surface area contributed by atoms with Crippen LogP contribution in [0.4, 0.5) is 0 Å². The number of fused-ring (bicyclic) bond motifs is 2. The van der Waals surface area contributed by atoms with Crippen molar-refractivity contribution in [2.24, 2.45) is 0 Å². The van der Waals surface area contributed by atoms with Gasteiger partial charge < -0.3 is 15.5 Å². The van der Waals surface area contributed by atoms with Gasteiger partial charge in [0.15, 0.2) is 0 Å². The first-order valence-electron chi connectivity index (χ1n) is 9.06. The van der Waals surface area contributed by atoms with E-state index in [4.69, 9.17) is 11.6 Å². The molecule has 0 aromatic heterocycles. The van der Waals surface area contributed by atoms with E-state index in [2.05, 4.69) is 47.0 Å². The highest BCUT2D eigenvalue weighted by Crippen LogP contribution is 2.44. The molecule has 140 valence electrons. The SMILES string of the molecule is CN1C=CC=C2C(Sc3ccc(Cl)cc3)=C(c3ccc4c(c3)CNC4=O)NC21. The molecule has 0 fully saturated rings. The van der Waals surface area contributed by atoms with Crippen LogP contribution in [-0.4, -0.2) is 24.0 Å². The Kier molecular flexibility index (Phi) is 4.22. The molecule has 2 N–H and O–H groups in total. The number of hydrogen-bond acceptors (Lipinski definition) is 4. The topological polar surface area (TPSA) is 44.4 Å². The predicted molar refractivity (Wildman–Crippen MR) is 114 cm³/mol. The van der Waals surface area contributed by atoms with Crippen LogP contribution in [0.25, 0.3) is 5.70 Å². The number of thioether (sulfide) groups is 1. The van der Waals surface area contributed by atoms with E-state index in [1.165, 1.54) is 10.5 Å². The Labute approximate surface area is 172 Å². The van der Waals surface area contributed by atoms with Gasteiger partial charge in [-0.2, -0.15) is 0 Å². The quantitative estimate of drug-likeness (QED) is 0.793. The number of carbonyl (C=O) groups is 1. The number of rotatable bonds is 3. The number of halogens is 1. The van der Waals surface area contributed by atoms with Crippen molar-refractivity contribution in [3.8, 4) is 0 Å². The molecule has 5 rings (SSSR count). The summed E-state index contributed by atoms with van der Waals surface area (Å²) >= 11 is 7.79. The zero-order valence-corrected chi connectivity index (χ0v) is 16.8. The van der Waals surface area contributed by atoms with Crippen LogP contribution in [0.2, 0.25) is 5.02 Å². The fourth-order valence-electron chi connectivity index (χ4n) is 3.74. The highest BCUT2D eigenvalue weighted by molar-refractivity contribution is 8.03. The lowest BCUT2D eigenvalue weighted by Crippen LogP contribution is -2.38. The van der Waals surface area contributed by atoms with E-state index >= 15 is 0 Å². The molecule has 3 heterocycles. The Morgan fingerprint density at radius 3 is 2.82 bits per heavy atom. The second-order valence-corrected chi connectivity index (χ2v) is 8.51. The smallest absolute Gasteiger partial charge is 0.251 e. The molecule has 0 radical (unpaired) electrons. The molecule has 28 heavy (non-hydrogen) atoms. The first-order chi connectivity index (χ1) is 13.6. The number of likely N-dealkylation sites (N-methyl/N-ethyl adjacent to an activating group) is 1. The van der Waals surface area contributed by atoms with Crippen molar-refractivity contribution in [1.29, 1.82) is 0 Å². The molecule has 6 heteroatoms. The van der Waals surface area contributed by atoms with Gasteiger partial charge in [-0.15, -0.1) is 0 Å². The standard InChI is InChI=1S/C22H18ClN3OS/c1-26-10-2-3-18-20(28-16-7-5-15(23)6-8-16)19(25-21(18)26)13-4-9-17-14(11-13)12-24-22(17)27/h2-11,21,25H,12H2,1H3,(H,24,27). The zero-order chi connectivity index (χ0) is 19.3. The second kappa shape index (κ2) is 6.76. The third kappa shape index (κ3) is 2.91. The summed E-state index contributed by atoms with van der Waals surface area (Å²) in [4.78, 5) is 16.4. The Morgan fingerprint density at radius 2 is 2.00 bits per heavy atom. The molecular formula is C22H18ClN3OS. The minimum atomic E-state index is 0.00554. The van der Waals surface area contributed by atoms with E-state index < -0.39 is 0 Å². The van der Waals surface area contributed by atoms with Crippen LogP contribution in [-0.2, 0) is 6.54 Å². The molecule has 0 saturated carbocycles. The second-order valence-electron chi connectivity index (χ2n) is 6.99. The van der Waals surface area contributed by atoms with E-state index in [0.29, 0.717) is 6.54 Å². The van der Waals surface area contributed by atoms with Crippen LogP contribution in [0, 0.1) is 0 Å². The normalized spacial score (nSPS) is 19.9. The van der Waals surface area contributed by atoms with Gasteiger partial charge in [-0.05, 0) is 53.6 Å². The lowest BCUT2D eigenvalue weighted by atomic mass is 10.0. The van der Waals surface area contributed by atoms with Gasteiger partial charge in [0.25, 0.3) is 5.91 Å². The Hall–Kier alpha value is -2.63. The fraction of sp³-hybridized carbons (Fsp3) is 0.136. The van der Waals surface area contributed by atoms with Crippen LogP contribution >= 0.6 is 23.4 Å². The van der Waals surface area contributed by atoms with Crippen molar-refractivity contribution in [2.45, 2.75) is 17.6 Å². The molecule has 1 atom stereocenters. The lowest BCUT2D eigenvalue weighted by Gasteiger charge is -2.28. The van der Waals surface area contributed by atoms with Crippen molar-refractivity contribution >= 4 is 35.0 Å². The highest BCUT2D eigenvalue weighted by Gasteiger charge is 2.33. The van der Waals surface area contributed by atoms with Gasteiger partial charge in [-0.1, -0.05) is 35.5 Å². The van der Waals surface area contributed by atoms with Crippen molar-refractivity contribution in [3.05, 3.63) is 93.0 Å². The summed E-state index contributed by atoms with van der Waals surface area (Å²) in [5, 5.41) is 7.30. The van der Waals surface area contributed by atoms with E-state index in [0.717, 1.165) is 32.3 Å². The van der Waals surface area contributed by atoms with Gasteiger partial charge in [0.2, 0.25) is 0 Å². The van der Waals surface area contributed by atoms with E-state index in [1.54, 1.807) is 11.8 Å². The third-order valence-electron chi connectivity index (χ3n) is 5.18. The van der Waals surface area contributed by atoms with Crippen molar-refractivity contribution in [2.75, 3.05) is 7.05 Å². The first-order valence-corrected chi connectivity index (χ1v) is 10.3. The number of hydrogen-bond donors (Lipinski definition) is 2. The van der Waals surface area contributed by atoms with Gasteiger partial charge in [0, 0.05) is 45.8 Å². The number of allylic oxidation sites excluding steroid dienone is 2. The molecule has 3 aliphatic rings. The minimum Gasteiger partial charge on any atom is -0.360 e. The van der Waals surface area contributed by atoms with Crippen molar-refractivity contribution in [1.82, 2.24) is 15.5 Å². The Balaban J connectivity index is 1.60. The summed E-state index contributed by atoms with van der Waals surface area (Å²) in [6, 6.07) is 14.0. The molecule has 1 amide bonds. The summed E-state index contributed by atoms with van der Waals surface area (Å²) in [6.45, 7) is 0.586.